The highest BCUT2D eigenvalue weighted by Gasteiger charge is 2.39. The maximum Gasteiger partial charge on any atom is 0.303 e. The van der Waals surface area contributed by atoms with Crippen molar-refractivity contribution in [2.75, 3.05) is 0 Å². The van der Waals surface area contributed by atoms with E-state index in [0.29, 0.717) is 0 Å². The Morgan fingerprint density at radius 2 is 1.56 bits per heavy atom. The third-order valence-electron chi connectivity index (χ3n) is 3.18. The van der Waals surface area contributed by atoms with Crippen molar-refractivity contribution in [3.8, 4) is 0 Å². The smallest absolute Gasteiger partial charge is 0.303 e. The molecular formula is C14H27O2. The predicted molar refractivity (Wildman–Crippen MR) is 68.2 cm³/mol. The Morgan fingerprint density at radius 1 is 1.12 bits per heavy atom. The summed E-state index contributed by atoms with van der Waals surface area (Å²) in [5.74, 6) is 0.860. The SMILES string of the molecule is C[C](C)CC(C)(C)[C@@H](CC(=O)O)C(C)(C)C. The van der Waals surface area contributed by atoms with Crippen molar-refractivity contribution in [2.45, 2.75) is 61.3 Å². The molecule has 0 aromatic rings. The number of aliphatic carboxylic acids is 1. The zero-order chi connectivity index (χ0) is 13.1. The van der Waals surface area contributed by atoms with Crippen molar-refractivity contribution in [3.05, 3.63) is 5.92 Å². The maximum atomic E-state index is 11.0. The van der Waals surface area contributed by atoms with Crippen LogP contribution in [-0.4, -0.2) is 11.1 Å². The van der Waals surface area contributed by atoms with Gasteiger partial charge < -0.3 is 5.11 Å². The standard InChI is InChI=1S/C14H27O2/c1-10(2)9-14(6,7)11(8-12(15)16)13(3,4)5/h11H,8-9H2,1-7H3,(H,15,16)/t11-/m0/s1. The quantitative estimate of drug-likeness (QED) is 0.766. The van der Waals surface area contributed by atoms with E-state index in [1.807, 2.05) is 0 Å². The lowest BCUT2D eigenvalue weighted by molar-refractivity contribution is -0.140. The van der Waals surface area contributed by atoms with E-state index in [9.17, 15) is 4.79 Å². The fourth-order valence-corrected chi connectivity index (χ4v) is 2.96. The molecule has 0 saturated heterocycles. The molecule has 2 nitrogen and oxygen atoms in total. The van der Waals surface area contributed by atoms with Gasteiger partial charge in [-0.25, -0.2) is 0 Å². The van der Waals surface area contributed by atoms with Crippen LogP contribution in [0.2, 0.25) is 0 Å². The molecule has 0 unspecified atom stereocenters. The first kappa shape index (κ1) is 15.5. The molecular weight excluding hydrogens is 200 g/mol. The Bertz CT molecular complexity index is 234. The number of hydrogen-bond acceptors (Lipinski definition) is 1. The van der Waals surface area contributed by atoms with Gasteiger partial charge in [0.15, 0.2) is 0 Å². The number of hydrogen-bond donors (Lipinski definition) is 1. The topological polar surface area (TPSA) is 37.3 Å². The van der Waals surface area contributed by atoms with Crippen molar-refractivity contribution in [3.63, 3.8) is 0 Å². The summed E-state index contributed by atoms with van der Waals surface area (Å²) in [5.41, 5.74) is 0.0623. The van der Waals surface area contributed by atoms with Gasteiger partial charge in [-0.05, 0) is 29.1 Å². The first-order valence-corrected chi connectivity index (χ1v) is 5.97. The third kappa shape index (κ3) is 5.00. The van der Waals surface area contributed by atoms with Crippen molar-refractivity contribution in [1.29, 1.82) is 0 Å². The highest BCUT2D eigenvalue weighted by Crippen LogP contribution is 2.46. The van der Waals surface area contributed by atoms with Crippen molar-refractivity contribution in [1.82, 2.24) is 0 Å². The van der Waals surface area contributed by atoms with Gasteiger partial charge in [-0.3, -0.25) is 4.79 Å². The minimum Gasteiger partial charge on any atom is -0.481 e. The Balaban J connectivity index is 4.94. The number of carboxylic acid groups (broad SMARTS) is 1. The molecule has 0 spiro atoms. The van der Waals surface area contributed by atoms with Gasteiger partial charge >= 0.3 is 5.97 Å². The summed E-state index contributed by atoms with van der Waals surface area (Å²) >= 11 is 0. The van der Waals surface area contributed by atoms with E-state index in [-0.39, 0.29) is 23.2 Å². The second-order valence-electron chi connectivity index (χ2n) is 6.89. The average Bonchev–Trinajstić information content (AvgIpc) is 1.94. The van der Waals surface area contributed by atoms with Crippen LogP contribution >= 0.6 is 0 Å². The Kier molecular flexibility index (Phi) is 5.03. The van der Waals surface area contributed by atoms with Crippen LogP contribution in [0.1, 0.15) is 61.3 Å². The van der Waals surface area contributed by atoms with Gasteiger partial charge in [0.1, 0.15) is 0 Å². The van der Waals surface area contributed by atoms with Gasteiger partial charge in [0, 0.05) is 6.42 Å². The molecule has 0 aromatic heterocycles. The molecule has 1 atom stereocenters. The lowest BCUT2D eigenvalue weighted by Gasteiger charge is -2.43. The zero-order valence-corrected chi connectivity index (χ0v) is 11.8. The van der Waals surface area contributed by atoms with Crippen LogP contribution in [0.15, 0.2) is 0 Å². The molecule has 1 radical (unpaired) electrons. The fourth-order valence-electron chi connectivity index (χ4n) is 2.96. The van der Waals surface area contributed by atoms with Crippen molar-refractivity contribution >= 4 is 5.97 Å². The van der Waals surface area contributed by atoms with Crippen LogP contribution in [0, 0.1) is 22.7 Å². The Morgan fingerprint density at radius 3 is 1.81 bits per heavy atom. The molecule has 95 valence electrons. The first-order valence-electron chi connectivity index (χ1n) is 5.97. The average molecular weight is 227 g/mol. The van der Waals surface area contributed by atoms with Crippen LogP contribution in [0.4, 0.5) is 0 Å². The van der Waals surface area contributed by atoms with Crippen LogP contribution in [-0.2, 0) is 4.79 Å². The largest absolute Gasteiger partial charge is 0.481 e. The van der Waals surface area contributed by atoms with Gasteiger partial charge in [0.05, 0.1) is 0 Å². The summed E-state index contributed by atoms with van der Waals surface area (Å²) in [6, 6.07) is 0. The molecule has 16 heavy (non-hydrogen) atoms. The molecule has 0 aliphatic rings. The normalized spacial score (nSPS) is 15.2. The lowest BCUT2D eigenvalue weighted by Crippen LogP contribution is -2.37. The highest BCUT2D eigenvalue weighted by molar-refractivity contribution is 5.67. The van der Waals surface area contributed by atoms with E-state index in [1.165, 1.54) is 5.92 Å². The summed E-state index contributed by atoms with van der Waals surface area (Å²) in [4.78, 5) is 11.0. The molecule has 0 fully saturated rings. The summed E-state index contributed by atoms with van der Waals surface area (Å²) in [7, 11) is 0. The molecule has 0 amide bonds. The van der Waals surface area contributed by atoms with Gasteiger partial charge in [-0.15, -0.1) is 0 Å². The summed E-state index contributed by atoms with van der Waals surface area (Å²) in [6.07, 6.45) is 1.24. The molecule has 0 aliphatic heterocycles. The van der Waals surface area contributed by atoms with Crippen LogP contribution < -0.4 is 0 Å². The van der Waals surface area contributed by atoms with E-state index in [2.05, 4.69) is 48.5 Å². The second-order valence-corrected chi connectivity index (χ2v) is 6.89. The van der Waals surface area contributed by atoms with Crippen LogP contribution in [0.25, 0.3) is 0 Å². The summed E-state index contributed by atoms with van der Waals surface area (Å²) in [5, 5.41) is 9.04. The van der Waals surface area contributed by atoms with E-state index in [1.54, 1.807) is 0 Å². The minimum absolute atomic E-state index is 0.0251. The molecule has 0 heterocycles. The first-order chi connectivity index (χ1) is 6.97. The van der Waals surface area contributed by atoms with Crippen LogP contribution in [0.3, 0.4) is 0 Å². The summed E-state index contributed by atoms with van der Waals surface area (Å²) < 4.78 is 0. The van der Waals surface area contributed by atoms with Crippen LogP contribution in [0.5, 0.6) is 0 Å². The van der Waals surface area contributed by atoms with E-state index in [0.717, 1.165) is 6.42 Å². The Hall–Kier alpha value is -0.530. The van der Waals surface area contributed by atoms with E-state index >= 15 is 0 Å². The minimum atomic E-state index is -0.693. The van der Waals surface area contributed by atoms with Crippen molar-refractivity contribution < 1.29 is 9.90 Å². The Labute approximate surface area is 100 Å². The molecule has 0 aliphatic carbocycles. The predicted octanol–water partition coefficient (Wildman–Crippen LogP) is 4.15. The summed E-state index contributed by atoms with van der Waals surface area (Å²) in [6.45, 7) is 15.0. The third-order valence-corrected chi connectivity index (χ3v) is 3.18. The molecule has 0 saturated carbocycles. The van der Waals surface area contributed by atoms with Crippen molar-refractivity contribution in [2.24, 2.45) is 16.7 Å². The fraction of sp³-hybridized carbons (Fsp3) is 0.857. The molecule has 2 heteroatoms. The van der Waals surface area contributed by atoms with E-state index in [4.69, 9.17) is 5.11 Å². The zero-order valence-electron chi connectivity index (χ0n) is 11.8. The second kappa shape index (κ2) is 5.20. The van der Waals surface area contributed by atoms with Gasteiger partial charge in [-0.2, -0.15) is 0 Å². The number of carboxylic acids is 1. The molecule has 1 N–H and O–H groups in total. The number of rotatable bonds is 5. The number of carbonyl (C=O) groups is 1. The monoisotopic (exact) mass is 227 g/mol. The molecule has 0 rings (SSSR count). The maximum absolute atomic E-state index is 11.0. The highest BCUT2D eigenvalue weighted by atomic mass is 16.4. The molecule has 0 aromatic carbocycles. The van der Waals surface area contributed by atoms with Gasteiger partial charge in [0.25, 0.3) is 0 Å². The van der Waals surface area contributed by atoms with E-state index < -0.39 is 5.97 Å². The lowest BCUT2D eigenvalue weighted by atomic mass is 9.62. The van der Waals surface area contributed by atoms with Gasteiger partial charge in [-0.1, -0.05) is 48.5 Å². The van der Waals surface area contributed by atoms with Gasteiger partial charge in [0.2, 0.25) is 0 Å². The molecule has 0 bridgehead atoms.